The van der Waals surface area contributed by atoms with Crippen LogP contribution < -0.4 is 20.3 Å². The largest absolute Gasteiger partial charge is 0.368 e. The van der Waals surface area contributed by atoms with Crippen molar-refractivity contribution in [2.75, 3.05) is 55.0 Å². The second-order valence-electron chi connectivity index (χ2n) is 9.99. The van der Waals surface area contributed by atoms with Crippen LogP contribution in [-0.4, -0.2) is 60.9 Å². The Morgan fingerprint density at radius 3 is 2.45 bits per heavy atom. The van der Waals surface area contributed by atoms with E-state index in [0.29, 0.717) is 12.0 Å². The molecule has 0 radical (unpaired) electrons. The fourth-order valence-electron chi connectivity index (χ4n) is 4.93. The summed E-state index contributed by atoms with van der Waals surface area (Å²) in [5.41, 5.74) is 7.21. The molecule has 8 nitrogen and oxygen atoms in total. The van der Waals surface area contributed by atoms with Crippen LogP contribution in [0.2, 0.25) is 0 Å². The van der Waals surface area contributed by atoms with Crippen LogP contribution >= 0.6 is 0 Å². The van der Waals surface area contributed by atoms with Crippen LogP contribution in [0.1, 0.15) is 30.2 Å². The Morgan fingerprint density at radius 1 is 0.974 bits per heavy atom. The molecule has 8 heteroatoms. The molecule has 1 aliphatic carbocycles. The molecule has 0 spiro atoms. The molecule has 1 aromatic heterocycles. The van der Waals surface area contributed by atoms with Crippen LogP contribution in [0.3, 0.4) is 0 Å². The Hall–Kier alpha value is -4.20. The molecule has 3 heterocycles. The number of H-pyrrole nitrogens is 1. The first-order chi connectivity index (χ1) is 18.3. The minimum absolute atomic E-state index is 0.0888. The van der Waals surface area contributed by atoms with Gasteiger partial charge in [-0.1, -0.05) is 37.3 Å². The van der Waals surface area contributed by atoms with E-state index >= 15 is 0 Å². The summed E-state index contributed by atoms with van der Waals surface area (Å²) >= 11 is 0. The van der Waals surface area contributed by atoms with E-state index in [1.807, 2.05) is 56.3 Å². The van der Waals surface area contributed by atoms with Crippen LogP contribution in [0.4, 0.5) is 23.1 Å². The molecule has 5 rings (SSSR count). The molecule has 0 bridgehead atoms. The monoisotopic (exact) mass is 509 g/mol. The predicted octanol–water partition coefficient (Wildman–Crippen LogP) is 4.81. The first-order valence-electron chi connectivity index (χ1n) is 13.2. The van der Waals surface area contributed by atoms with Gasteiger partial charge in [-0.2, -0.15) is 4.98 Å². The maximum absolute atomic E-state index is 12.9. The molecular formula is C30H35N7O. The van der Waals surface area contributed by atoms with E-state index in [0.717, 1.165) is 77.5 Å². The van der Waals surface area contributed by atoms with Gasteiger partial charge in [-0.25, -0.2) is 4.98 Å². The zero-order chi connectivity index (χ0) is 26.8. The summed E-state index contributed by atoms with van der Waals surface area (Å²) in [4.78, 5) is 36.9. The summed E-state index contributed by atoms with van der Waals surface area (Å²) in [6, 6.07) is 18.3. The highest BCUT2D eigenvalue weighted by atomic mass is 16.1. The Balaban J connectivity index is 1.39. The van der Waals surface area contributed by atoms with E-state index in [4.69, 9.17) is 9.98 Å². The number of piperazine rings is 1. The third-order valence-electron chi connectivity index (χ3n) is 7.05. The number of benzene rings is 1. The van der Waals surface area contributed by atoms with Crippen molar-refractivity contribution in [1.82, 2.24) is 15.0 Å². The highest BCUT2D eigenvalue weighted by Gasteiger charge is 2.21. The van der Waals surface area contributed by atoms with Gasteiger partial charge < -0.3 is 19.7 Å². The van der Waals surface area contributed by atoms with Crippen molar-refractivity contribution in [3.05, 3.63) is 81.8 Å². The fourth-order valence-corrected chi connectivity index (χ4v) is 4.93. The predicted molar refractivity (Wildman–Crippen MR) is 157 cm³/mol. The lowest BCUT2D eigenvalue weighted by Gasteiger charge is -2.37. The summed E-state index contributed by atoms with van der Waals surface area (Å²) in [6.45, 7) is 9.66. The van der Waals surface area contributed by atoms with Gasteiger partial charge in [0.25, 0.3) is 5.56 Å². The SMILES string of the molecule is CCC(=Nc1cc(N2CCN(c3cc(C)nc(N(C)C)n3)CC2)ccc1C)c1c2cccccc-2[nH]c1=O. The molecule has 3 aliphatic rings. The van der Waals surface area contributed by atoms with Crippen molar-refractivity contribution in [1.29, 1.82) is 0 Å². The number of hydrogen-bond donors (Lipinski definition) is 1. The van der Waals surface area contributed by atoms with Crippen LogP contribution in [-0.2, 0) is 0 Å². The second-order valence-corrected chi connectivity index (χ2v) is 9.99. The smallest absolute Gasteiger partial charge is 0.258 e. The van der Waals surface area contributed by atoms with E-state index in [-0.39, 0.29) is 5.56 Å². The lowest BCUT2D eigenvalue weighted by molar-refractivity contribution is 0.646. The van der Waals surface area contributed by atoms with Crippen LogP contribution in [0, 0.1) is 13.8 Å². The first kappa shape index (κ1) is 25.4. The maximum atomic E-state index is 12.9. The molecule has 1 N–H and O–H groups in total. The van der Waals surface area contributed by atoms with E-state index in [2.05, 4.69) is 57.9 Å². The Bertz CT molecular complexity index is 1500. The minimum Gasteiger partial charge on any atom is -0.368 e. The van der Waals surface area contributed by atoms with Crippen LogP contribution in [0.5, 0.6) is 0 Å². The number of aliphatic imine (C=N–C) groups is 1. The normalized spacial score (nSPS) is 14.3. The number of anilines is 3. The van der Waals surface area contributed by atoms with Crippen molar-refractivity contribution in [2.24, 2.45) is 4.99 Å². The second kappa shape index (κ2) is 10.7. The highest BCUT2D eigenvalue weighted by Crippen LogP contribution is 2.30. The fraction of sp³-hybridized carbons (Fsp3) is 0.333. The summed E-state index contributed by atoms with van der Waals surface area (Å²) in [6.07, 6.45) is 0.663. The summed E-state index contributed by atoms with van der Waals surface area (Å²) in [7, 11) is 3.93. The van der Waals surface area contributed by atoms with Crippen molar-refractivity contribution >= 4 is 28.9 Å². The van der Waals surface area contributed by atoms with Crippen molar-refractivity contribution in [3.8, 4) is 11.3 Å². The summed E-state index contributed by atoms with van der Waals surface area (Å²) in [5, 5.41) is 0. The van der Waals surface area contributed by atoms with Gasteiger partial charge in [-0.05, 0) is 44.0 Å². The number of aromatic amines is 1. The van der Waals surface area contributed by atoms with Crippen LogP contribution in [0.15, 0.2) is 64.4 Å². The number of aromatic nitrogens is 3. The molecule has 0 saturated carbocycles. The van der Waals surface area contributed by atoms with E-state index in [1.54, 1.807) is 0 Å². The molecular weight excluding hydrogens is 474 g/mol. The first-order valence-corrected chi connectivity index (χ1v) is 13.2. The Kier molecular flexibility index (Phi) is 7.13. The quantitative estimate of drug-likeness (QED) is 0.376. The third kappa shape index (κ3) is 5.11. The van der Waals surface area contributed by atoms with Gasteiger partial charge in [0.1, 0.15) is 5.82 Å². The summed E-state index contributed by atoms with van der Waals surface area (Å²) in [5.74, 6) is 1.71. The standard InChI is InChI=1S/C30H35N7O/c1-6-24(28-23-10-8-7-9-11-25(23)33-29(28)38)32-26-19-22(13-12-20(26)2)36-14-16-37(17-15-36)27-18-21(3)31-30(34-27)35(4)5/h7-13,18-19H,6,14-17H2,1-5H3,(H,33,38). The third-order valence-corrected chi connectivity index (χ3v) is 7.05. The van der Waals surface area contributed by atoms with Gasteiger partial charge in [-0.15, -0.1) is 0 Å². The number of aryl methyl sites for hydroxylation is 2. The molecule has 1 aromatic carbocycles. The van der Waals surface area contributed by atoms with E-state index in [9.17, 15) is 4.79 Å². The topological polar surface area (TPSA) is 80.7 Å². The van der Waals surface area contributed by atoms with Crippen molar-refractivity contribution < 1.29 is 0 Å². The van der Waals surface area contributed by atoms with E-state index in [1.165, 1.54) is 0 Å². The lowest BCUT2D eigenvalue weighted by atomic mass is 10.0. The van der Waals surface area contributed by atoms with Crippen molar-refractivity contribution in [2.45, 2.75) is 27.2 Å². The Labute approximate surface area is 224 Å². The van der Waals surface area contributed by atoms with Gasteiger partial charge in [0.05, 0.1) is 17.0 Å². The molecule has 0 unspecified atom stereocenters. The zero-order valence-corrected chi connectivity index (χ0v) is 22.8. The molecule has 2 aromatic rings. The van der Waals surface area contributed by atoms with E-state index < -0.39 is 0 Å². The molecule has 196 valence electrons. The molecule has 2 aliphatic heterocycles. The lowest BCUT2D eigenvalue weighted by Crippen LogP contribution is -2.47. The number of nitrogens with zero attached hydrogens (tertiary/aromatic N) is 6. The molecule has 0 atom stereocenters. The molecule has 38 heavy (non-hydrogen) atoms. The molecule has 1 fully saturated rings. The van der Waals surface area contributed by atoms with Gasteiger partial charge in [0.15, 0.2) is 0 Å². The highest BCUT2D eigenvalue weighted by molar-refractivity contribution is 6.07. The van der Waals surface area contributed by atoms with Crippen LogP contribution in [0.25, 0.3) is 11.3 Å². The average Bonchev–Trinajstić information content (AvgIpc) is 3.06. The molecule has 0 amide bonds. The maximum Gasteiger partial charge on any atom is 0.258 e. The minimum atomic E-state index is -0.0888. The number of rotatable bonds is 6. The van der Waals surface area contributed by atoms with Gasteiger partial charge in [0, 0.05) is 69.0 Å². The zero-order valence-electron chi connectivity index (χ0n) is 22.8. The number of nitrogens with one attached hydrogen (secondary N) is 1. The number of hydrogen-bond acceptors (Lipinski definition) is 7. The number of fused-ring (bicyclic) bond motifs is 1. The van der Waals surface area contributed by atoms with Gasteiger partial charge in [-0.3, -0.25) is 9.79 Å². The Morgan fingerprint density at radius 2 is 1.71 bits per heavy atom. The average molecular weight is 510 g/mol. The van der Waals surface area contributed by atoms with Gasteiger partial charge in [0.2, 0.25) is 5.95 Å². The summed E-state index contributed by atoms with van der Waals surface area (Å²) < 4.78 is 0. The van der Waals surface area contributed by atoms with Gasteiger partial charge >= 0.3 is 0 Å². The molecule has 1 saturated heterocycles. The van der Waals surface area contributed by atoms with Crippen molar-refractivity contribution in [3.63, 3.8) is 0 Å².